The van der Waals surface area contributed by atoms with Crippen LogP contribution >= 0.6 is 0 Å². The summed E-state index contributed by atoms with van der Waals surface area (Å²) in [5, 5.41) is 0. The average molecular weight is 486 g/mol. The molecule has 0 N–H and O–H groups in total. The lowest BCUT2D eigenvalue weighted by atomic mass is 10.0. The van der Waals surface area contributed by atoms with Gasteiger partial charge in [-0.05, 0) is 73.7 Å². The lowest BCUT2D eigenvalue weighted by Gasteiger charge is -2.36. The minimum Gasteiger partial charge on any atom is -0.497 e. The fourth-order valence-corrected chi connectivity index (χ4v) is 4.61. The Hall–Kier alpha value is -4.33. The summed E-state index contributed by atoms with van der Waals surface area (Å²) in [6, 6.07) is 19.4. The van der Waals surface area contributed by atoms with Crippen LogP contribution in [0, 0.1) is 0 Å². The number of rotatable bonds is 6. The molecule has 1 fully saturated rings. The van der Waals surface area contributed by atoms with E-state index in [-0.39, 0.29) is 11.5 Å². The third kappa shape index (κ3) is 4.26. The number of ether oxygens (including phenoxy) is 2. The van der Waals surface area contributed by atoms with Gasteiger partial charge in [-0.15, -0.1) is 0 Å². The standard InChI is InChI=1S/C28H27N3O5/c1-3-36-23-11-7-21(8-12-23)31-27(33)24-13-4-19(18-25(24)28(31)34)26(32)30-16-14-29(15-17-30)20-5-9-22(35-2)10-6-20/h4-13,18H,3,14-17H2,1-2H3. The Bertz CT molecular complexity index is 1300. The van der Waals surface area contributed by atoms with Crippen LogP contribution in [-0.4, -0.2) is 62.5 Å². The largest absolute Gasteiger partial charge is 0.497 e. The van der Waals surface area contributed by atoms with Crippen molar-refractivity contribution < 1.29 is 23.9 Å². The second kappa shape index (κ2) is 9.73. The lowest BCUT2D eigenvalue weighted by Crippen LogP contribution is -2.48. The number of nitrogens with zero attached hydrogens (tertiary/aromatic N) is 3. The predicted molar refractivity (Wildman–Crippen MR) is 136 cm³/mol. The zero-order valence-corrected chi connectivity index (χ0v) is 20.3. The second-order valence-corrected chi connectivity index (χ2v) is 8.61. The van der Waals surface area contributed by atoms with Gasteiger partial charge in [0, 0.05) is 37.4 Å². The molecule has 3 aromatic rings. The molecule has 0 radical (unpaired) electrons. The first-order valence-electron chi connectivity index (χ1n) is 11.9. The SMILES string of the molecule is CCOc1ccc(N2C(=O)c3ccc(C(=O)N4CCN(c5ccc(OC)cc5)CC4)cc3C2=O)cc1. The minimum atomic E-state index is -0.432. The number of carbonyl (C=O) groups excluding carboxylic acids is 3. The Morgan fingerprint density at radius 2 is 1.39 bits per heavy atom. The first kappa shape index (κ1) is 23.4. The van der Waals surface area contributed by atoms with E-state index in [1.807, 2.05) is 31.2 Å². The molecule has 184 valence electrons. The molecule has 2 heterocycles. The number of fused-ring (bicyclic) bond motifs is 1. The molecule has 36 heavy (non-hydrogen) atoms. The summed E-state index contributed by atoms with van der Waals surface area (Å²) in [7, 11) is 1.64. The molecule has 8 heteroatoms. The van der Waals surface area contributed by atoms with Crippen molar-refractivity contribution in [3.8, 4) is 11.5 Å². The highest BCUT2D eigenvalue weighted by Gasteiger charge is 2.37. The van der Waals surface area contributed by atoms with Crippen LogP contribution in [0.25, 0.3) is 0 Å². The Balaban J connectivity index is 1.28. The van der Waals surface area contributed by atoms with Crippen molar-refractivity contribution in [3.63, 3.8) is 0 Å². The van der Waals surface area contributed by atoms with Crippen LogP contribution in [0.15, 0.2) is 66.7 Å². The molecule has 3 amide bonds. The number of hydrogen-bond acceptors (Lipinski definition) is 6. The van der Waals surface area contributed by atoms with Gasteiger partial charge in [-0.3, -0.25) is 14.4 Å². The molecule has 5 rings (SSSR count). The van der Waals surface area contributed by atoms with Gasteiger partial charge in [-0.25, -0.2) is 4.90 Å². The van der Waals surface area contributed by atoms with Crippen molar-refractivity contribution in [2.45, 2.75) is 6.92 Å². The number of benzene rings is 3. The van der Waals surface area contributed by atoms with Gasteiger partial charge in [-0.2, -0.15) is 0 Å². The van der Waals surface area contributed by atoms with Gasteiger partial charge in [0.2, 0.25) is 0 Å². The number of amides is 3. The fraction of sp³-hybridized carbons (Fsp3) is 0.250. The van der Waals surface area contributed by atoms with Crippen molar-refractivity contribution in [1.29, 1.82) is 0 Å². The summed E-state index contributed by atoms with van der Waals surface area (Å²) in [4.78, 5) is 44.5. The number of anilines is 2. The van der Waals surface area contributed by atoms with Gasteiger partial charge >= 0.3 is 0 Å². The number of carbonyl (C=O) groups is 3. The molecule has 0 spiro atoms. The second-order valence-electron chi connectivity index (χ2n) is 8.61. The van der Waals surface area contributed by atoms with E-state index >= 15 is 0 Å². The van der Waals surface area contributed by atoms with Gasteiger partial charge in [-0.1, -0.05) is 0 Å². The molecule has 2 aliphatic heterocycles. The number of imide groups is 1. The first-order chi connectivity index (χ1) is 17.5. The van der Waals surface area contributed by atoms with E-state index in [4.69, 9.17) is 9.47 Å². The Morgan fingerprint density at radius 1 is 0.778 bits per heavy atom. The van der Waals surface area contributed by atoms with Crippen molar-refractivity contribution >= 4 is 29.1 Å². The summed E-state index contributed by atoms with van der Waals surface area (Å²) in [6.07, 6.45) is 0. The van der Waals surface area contributed by atoms with Crippen LogP contribution in [0.3, 0.4) is 0 Å². The maximum Gasteiger partial charge on any atom is 0.266 e. The highest BCUT2D eigenvalue weighted by Crippen LogP contribution is 2.31. The molecule has 0 unspecified atom stereocenters. The summed E-state index contributed by atoms with van der Waals surface area (Å²) in [6.45, 7) is 4.94. The Kier molecular flexibility index (Phi) is 6.33. The van der Waals surface area contributed by atoms with E-state index in [0.717, 1.165) is 16.3 Å². The quantitative estimate of drug-likeness (QED) is 0.494. The number of methoxy groups -OCH3 is 1. The molecule has 0 bridgehead atoms. The van der Waals surface area contributed by atoms with E-state index in [9.17, 15) is 14.4 Å². The summed E-state index contributed by atoms with van der Waals surface area (Å²) < 4.78 is 10.7. The maximum absolute atomic E-state index is 13.2. The van der Waals surface area contributed by atoms with Crippen molar-refractivity contribution in [3.05, 3.63) is 83.4 Å². The van der Waals surface area contributed by atoms with Crippen LogP contribution in [0.5, 0.6) is 11.5 Å². The lowest BCUT2D eigenvalue weighted by molar-refractivity contribution is 0.0746. The van der Waals surface area contributed by atoms with Crippen LogP contribution in [-0.2, 0) is 0 Å². The third-order valence-electron chi connectivity index (χ3n) is 6.54. The van der Waals surface area contributed by atoms with E-state index in [0.29, 0.717) is 55.3 Å². The normalized spacial score (nSPS) is 15.2. The predicted octanol–water partition coefficient (Wildman–Crippen LogP) is 3.86. The molecule has 1 saturated heterocycles. The molecule has 3 aromatic carbocycles. The van der Waals surface area contributed by atoms with E-state index in [2.05, 4.69) is 4.90 Å². The number of piperazine rings is 1. The highest BCUT2D eigenvalue weighted by molar-refractivity contribution is 6.34. The molecule has 8 nitrogen and oxygen atoms in total. The minimum absolute atomic E-state index is 0.146. The van der Waals surface area contributed by atoms with Gasteiger partial charge in [0.1, 0.15) is 11.5 Å². The van der Waals surface area contributed by atoms with Gasteiger partial charge < -0.3 is 19.3 Å². The molecule has 0 atom stereocenters. The summed E-state index contributed by atoms with van der Waals surface area (Å²) in [5.41, 5.74) is 2.50. The molecular weight excluding hydrogens is 458 g/mol. The molecule has 0 aromatic heterocycles. The molecular formula is C28H27N3O5. The average Bonchev–Trinajstić information content (AvgIpc) is 3.18. The van der Waals surface area contributed by atoms with Gasteiger partial charge in [0.25, 0.3) is 17.7 Å². The van der Waals surface area contributed by atoms with Crippen molar-refractivity contribution in [1.82, 2.24) is 4.90 Å². The summed E-state index contributed by atoms with van der Waals surface area (Å²) in [5.74, 6) is 0.493. The van der Waals surface area contributed by atoms with Gasteiger partial charge in [0.15, 0.2) is 0 Å². The van der Waals surface area contributed by atoms with Crippen LogP contribution in [0.1, 0.15) is 38.0 Å². The van der Waals surface area contributed by atoms with E-state index < -0.39 is 11.8 Å². The van der Waals surface area contributed by atoms with E-state index in [1.165, 1.54) is 0 Å². The van der Waals surface area contributed by atoms with E-state index in [1.54, 1.807) is 54.5 Å². The van der Waals surface area contributed by atoms with Gasteiger partial charge in [0.05, 0.1) is 30.5 Å². The van der Waals surface area contributed by atoms with Crippen molar-refractivity contribution in [2.75, 3.05) is 49.7 Å². The van der Waals surface area contributed by atoms with Crippen LogP contribution in [0.4, 0.5) is 11.4 Å². The topological polar surface area (TPSA) is 79.4 Å². The molecule has 2 aliphatic rings. The Labute approximate surface area is 209 Å². The molecule has 0 saturated carbocycles. The zero-order chi connectivity index (χ0) is 25.2. The maximum atomic E-state index is 13.2. The number of hydrogen-bond donors (Lipinski definition) is 0. The van der Waals surface area contributed by atoms with Crippen molar-refractivity contribution in [2.24, 2.45) is 0 Å². The zero-order valence-electron chi connectivity index (χ0n) is 20.3. The fourth-order valence-electron chi connectivity index (χ4n) is 4.61. The third-order valence-corrected chi connectivity index (χ3v) is 6.54. The highest BCUT2D eigenvalue weighted by atomic mass is 16.5. The first-order valence-corrected chi connectivity index (χ1v) is 11.9. The van der Waals surface area contributed by atoms with Crippen LogP contribution < -0.4 is 19.3 Å². The Morgan fingerprint density at radius 3 is 2.03 bits per heavy atom. The molecule has 0 aliphatic carbocycles. The van der Waals surface area contributed by atoms with Crippen LogP contribution in [0.2, 0.25) is 0 Å². The monoisotopic (exact) mass is 485 g/mol. The summed E-state index contributed by atoms with van der Waals surface area (Å²) >= 11 is 0. The smallest absolute Gasteiger partial charge is 0.266 e.